The van der Waals surface area contributed by atoms with Gasteiger partial charge in [0.15, 0.2) is 0 Å². The average Bonchev–Trinajstić information content (AvgIpc) is 2.10. The molecular formula is C9H15N3O. The highest BCUT2D eigenvalue weighted by Gasteiger charge is 2.03. The summed E-state index contributed by atoms with van der Waals surface area (Å²) in [6.07, 6.45) is 5.31. The monoisotopic (exact) mass is 181 g/mol. The first kappa shape index (κ1) is 9.77. The van der Waals surface area contributed by atoms with Crippen molar-refractivity contribution in [2.75, 3.05) is 5.73 Å². The number of nitrogens with two attached hydrogens (primary N) is 1. The Hall–Kier alpha value is -1.32. The molecule has 0 spiro atoms. The van der Waals surface area contributed by atoms with E-state index in [2.05, 4.69) is 16.9 Å². The van der Waals surface area contributed by atoms with E-state index >= 15 is 0 Å². The number of nitrogens with zero attached hydrogens (tertiary/aromatic N) is 1. The van der Waals surface area contributed by atoms with Crippen LogP contribution in [0.2, 0.25) is 0 Å². The number of hydrogen-bond acceptors (Lipinski definition) is 3. The van der Waals surface area contributed by atoms with Crippen molar-refractivity contribution in [3.05, 3.63) is 22.2 Å². The highest BCUT2D eigenvalue weighted by molar-refractivity contribution is 5.36. The number of unbranched alkanes of at least 4 members (excludes halogenated alkanes) is 2. The van der Waals surface area contributed by atoms with E-state index in [1.54, 1.807) is 0 Å². The molecule has 0 saturated carbocycles. The molecule has 0 radical (unpaired) electrons. The van der Waals surface area contributed by atoms with Crippen LogP contribution in [0.25, 0.3) is 0 Å². The Morgan fingerprint density at radius 2 is 2.31 bits per heavy atom. The fourth-order valence-electron chi connectivity index (χ4n) is 1.24. The van der Waals surface area contributed by atoms with Crippen LogP contribution in [-0.4, -0.2) is 9.97 Å². The van der Waals surface area contributed by atoms with Gasteiger partial charge in [0.1, 0.15) is 5.82 Å². The van der Waals surface area contributed by atoms with Crippen molar-refractivity contribution in [2.45, 2.75) is 32.6 Å². The van der Waals surface area contributed by atoms with Crippen molar-refractivity contribution in [1.29, 1.82) is 0 Å². The van der Waals surface area contributed by atoms with Crippen molar-refractivity contribution < 1.29 is 0 Å². The molecule has 0 aliphatic rings. The number of nitrogens with one attached hydrogen (secondary N) is 1. The molecule has 1 heterocycles. The largest absolute Gasteiger partial charge is 0.383 e. The third-order valence-corrected chi connectivity index (χ3v) is 2.01. The standard InChI is InChI=1S/C9H15N3O/c1-2-3-4-5-7-8(10)11-6-12-9(7)13/h6H,2-5H2,1H3,(H3,10,11,12,13). The highest BCUT2D eigenvalue weighted by Crippen LogP contribution is 2.06. The highest BCUT2D eigenvalue weighted by atomic mass is 16.1. The fraction of sp³-hybridized carbons (Fsp3) is 0.556. The van der Waals surface area contributed by atoms with Crippen molar-refractivity contribution in [3.63, 3.8) is 0 Å². The summed E-state index contributed by atoms with van der Waals surface area (Å²) in [5, 5.41) is 0. The number of aromatic amines is 1. The molecule has 0 aliphatic carbocycles. The molecule has 0 atom stereocenters. The van der Waals surface area contributed by atoms with Gasteiger partial charge in [0.05, 0.1) is 11.9 Å². The number of H-pyrrole nitrogens is 1. The number of nitrogen functional groups attached to an aromatic ring is 1. The molecule has 0 aromatic carbocycles. The fourth-order valence-corrected chi connectivity index (χ4v) is 1.24. The van der Waals surface area contributed by atoms with Gasteiger partial charge in [-0.25, -0.2) is 4.98 Å². The number of rotatable bonds is 4. The van der Waals surface area contributed by atoms with Gasteiger partial charge in [-0.05, 0) is 12.8 Å². The second-order valence-corrected chi connectivity index (χ2v) is 3.05. The van der Waals surface area contributed by atoms with E-state index in [1.807, 2.05) is 0 Å². The van der Waals surface area contributed by atoms with E-state index < -0.39 is 0 Å². The summed E-state index contributed by atoms with van der Waals surface area (Å²) >= 11 is 0. The van der Waals surface area contributed by atoms with Crippen molar-refractivity contribution >= 4 is 5.82 Å². The summed E-state index contributed by atoms with van der Waals surface area (Å²) in [6.45, 7) is 2.12. The van der Waals surface area contributed by atoms with E-state index in [1.165, 1.54) is 6.33 Å². The molecule has 0 bridgehead atoms. The SMILES string of the molecule is CCCCCc1c(N)nc[nH]c1=O. The van der Waals surface area contributed by atoms with Crippen LogP contribution < -0.4 is 11.3 Å². The second-order valence-electron chi connectivity index (χ2n) is 3.05. The van der Waals surface area contributed by atoms with Crippen molar-refractivity contribution in [2.24, 2.45) is 0 Å². The Kier molecular flexibility index (Phi) is 3.49. The van der Waals surface area contributed by atoms with Gasteiger partial charge in [0.2, 0.25) is 0 Å². The molecule has 3 N–H and O–H groups in total. The molecular weight excluding hydrogens is 166 g/mol. The predicted octanol–water partition coefficient (Wildman–Crippen LogP) is 1.08. The summed E-state index contributed by atoms with van der Waals surface area (Å²) in [4.78, 5) is 17.6. The summed E-state index contributed by atoms with van der Waals surface area (Å²) in [6, 6.07) is 0. The van der Waals surface area contributed by atoms with E-state index in [9.17, 15) is 4.79 Å². The maximum absolute atomic E-state index is 11.3. The molecule has 4 nitrogen and oxygen atoms in total. The summed E-state index contributed by atoms with van der Waals surface area (Å²) < 4.78 is 0. The molecule has 0 aliphatic heterocycles. The molecule has 1 aromatic heterocycles. The molecule has 72 valence electrons. The predicted molar refractivity (Wildman–Crippen MR) is 52.5 cm³/mol. The average molecular weight is 181 g/mol. The maximum Gasteiger partial charge on any atom is 0.255 e. The van der Waals surface area contributed by atoms with E-state index in [0.717, 1.165) is 25.7 Å². The zero-order chi connectivity index (χ0) is 9.68. The molecule has 0 unspecified atom stereocenters. The van der Waals surface area contributed by atoms with Crippen LogP contribution in [0, 0.1) is 0 Å². The molecule has 1 rings (SSSR count). The van der Waals surface area contributed by atoms with Gasteiger partial charge >= 0.3 is 0 Å². The normalized spacial score (nSPS) is 10.2. The first-order chi connectivity index (χ1) is 6.25. The lowest BCUT2D eigenvalue weighted by Crippen LogP contribution is -2.16. The minimum absolute atomic E-state index is 0.108. The second kappa shape index (κ2) is 4.64. The lowest BCUT2D eigenvalue weighted by Gasteiger charge is -2.01. The summed E-state index contributed by atoms with van der Waals surface area (Å²) in [7, 11) is 0. The summed E-state index contributed by atoms with van der Waals surface area (Å²) in [5.41, 5.74) is 6.09. The Balaban J connectivity index is 2.70. The first-order valence-electron chi connectivity index (χ1n) is 4.57. The van der Waals surface area contributed by atoms with Crippen LogP contribution in [-0.2, 0) is 6.42 Å². The smallest absolute Gasteiger partial charge is 0.255 e. The topological polar surface area (TPSA) is 71.8 Å². The minimum Gasteiger partial charge on any atom is -0.383 e. The van der Waals surface area contributed by atoms with Crippen LogP contribution in [0.5, 0.6) is 0 Å². The molecule has 0 fully saturated rings. The van der Waals surface area contributed by atoms with Crippen LogP contribution in [0.1, 0.15) is 31.7 Å². The van der Waals surface area contributed by atoms with Gasteiger partial charge in [-0.2, -0.15) is 0 Å². The van der Waals surface area contributed by atoms with Crippen LogP contribution in [0.3, 0.4) is 0 Å². The van der Waals surface area contributed by atoms with E-state index in [0.29, 0.717) is 11.4 Å². The number of hydrogen-bond donors (Lipinski definition) is 2. The Morgan fingerprint density at radius 3 is 2.92 bits per heavy atom. The van der Waals surface area contributed by atoms with Gasteiger partial charge < -0.3 is 10.7 Å². The third-order valence-electron chi connectivity index (χ3n) is 2.01. The molecule has 13 heavy (non-hydrogen) atoms. The zero-order valence-electron chi connectivity index (χ0n) is 7.84. The van der Waals surface area contributed by atoms with Gasteiger partial charge in [-0.1, -0.05) is 19.8 Å². The Morgan fingerprint density at radius 1 is 1.54 bits per heavy atom. The minimum atomic E-state index is -0.108. The maximum atomic E-state index is 11.3. The quantitative estimate of drug-likeness (QED) is 0.683. The van der Waals surface area contributed by atoms with E-state index in [-0.39, 0.29) is 5.56 Å². The molecule has 1 aromatic rings. The van der Waals surface area contributed by atoms with E-state index in [4.69, 9.17) is 5.73 Å². The number of aromatic nitrogens is 2. The molecule has 0 saturated heterocycles. The third kappa shape index (κ3) is 2.57. The van der Waals surface area contributed by atoms with Gasteiger partial charge in [-0.3, -0.25) is 4.79 Å². The molecule has 4 heteroatoms. The van der Waals surface area contributed by atoms with Gasteiger partial charge in [0, 0.05) is 0 Å². The van der Waals surface area contributed by atoms with Crippen molar-refractivity contribution in [3.8, 4) is 0 Å². The Bertz CT molecular complexity index is 319. The molecule has 0 amide bonds. The Labute approximate surface area is 77.2 Å². The first-order valence-corrected chi connectivity index (χ1v) is 4.57. The number of anilines is 1. The van der Waals surface area contributed by atoms with Crippen LogP contribution >= 0.6 is 0 Å². The zero-order valence-corrected chi connectivity index (χ0v) is 7.84. The van der Waals surface area contributed by atoms with Crippen LogP contribution in [0.4, 0.5) is 5.82 Å². The van der Waals surface area contributed by atoms with Crippen LogP contribution in [0.15, 0.2) is 11.1 Å². The van der Waals surface area contributed by atoms with Crippen molar-refractivity contribution in [1.82, 2.24) is 9.97 Å². The lowest BCUT2D eigenvalue weighted by molar-refractivity contribution is 0.712. The van der Waals surface area contributed by atoms with Gasteiger partial charge in [-0.15, -0.1) is 0 Å². The summed E-state index contributed by atoms with van der Waals surface area (Å²) in [5.74, 6) is 0.361. The van der Waals surface area contributed by atoms with Gasteiger partial charge in [0.25, 0.3) is 5.56 Å². The lowest BCUT2D eigenvalue weighted by atomic mass is 10.1.